The first-order valence-electron chi connectivity index (χ1n) is 6.87. The van der Waals surface area contributed by atoms with Crippen LogP contribution in [0.3, 0.4) is 0 Å². The molecule has 1 aromatic heterocycles. The average Bonchev–Trinajstić information content (AvgIpc) is 2.98. The van der Waals surface area contributed by atoms with E-state index in [2.05, 4.69) is 17.2 Å². The van der Waals surface area contributed by atoms with Crippen LogP contribution in [0.2, 0.25) is 5.02 Å². The first kappa shape index (κ1) is 13.9. The predicted octanol–water partition coefficient (Wildman–Crippen LogP) is 3.69. The van der Waals surface area contributed by atoms with E-state index in [1.807, 2.05) is 53.5 Å². The molecule has 0 amide bonds. The molecule has 3 rings (SSSR count). The lowest BCUT2D eigenvalue weighted by Crippen LogP contribution is -2.07. The monoisotopic (exact) mass is 297 g/mol. The molecule has 0 aliphatic rings. The van der Waals surface area contributed by atoms with E-state index < -0.39 is 0 Å². The van der Waals surface area contributed by atoms with Crippen LogP contribution in [0.1, 0.15) is 5.56 Å². The van der Waals surface area contributed by atoms with Gasteiger partial charge in [-0.2, -0.15) is 5.10 Å². The number of aromatic nitrogens is 2. The third-order valence-corrected chi connectivity index (χ3v) is 3.63. The number of benzene rings is 2. The Morgan fingerprint density at radius 1 is 1.05 bits per heavy atom. The van der Waals surface area contributed by atoms with E-state index in [1.54, 1.807) is 0 Å². The van der Waals surface area contributed by atoms with Crippen molar-refractivity contribution < 1.29 is 0 Å². The Bertz CT molecular complexity index is 735. The third kappa shape index (κ3) is 2.99. The van der Waals surface area contributed by atoms with Crippen LogP contribution in [0.25, 0.3) is 16.8 Å². The fourth-order valence-electron chi connectivity index (χ4n) is 2.37. The zero-order valence-corrected chi connectivity index (χ0v) is 12.3. The summed E-state index contributed by atoms with van der Waals surface area (Å²) in [7, 11) is 0. The maximum absolute atomic E-state index is 6.07. The van der Waals surface area contributed by atoms with Gasteiger partial charge in [0.25, 0.3) is 0 Å². The number of hydrogen-bond donors (Lipinski definition) is 1. The summed E-state index contributed by atoms with van der Waals surface area (Å²) in [6.07, 6.45) is 4.67. The van der Waals surface area contributed by atoms with Gasteiger partial charge in [0.2, 0.25) is 0 Å². The summed E-state index contributed by atoms with van der Waals surface area (Å²) >= 11 is 6.07. The summed E-state index contributed by atoms with van der Waals surface area (Å²) in [6.45, 7) is 0.583. The van der Waals surface area contributed by atoms with Crippen molar-refractivity contribution in [2.45, 2.75) is 6.42 Å². The molecule has 0 fully saturated rings. The molecule has 0 saturated carbocycles. The molecule has 1 heterocycles. The van der Waals surface area contributed by atoms with Crippen LogP contribution in [-0.2, 0) is 6.42 Å². The van der Waals surface area contributed by atoms with Crippen molar-refractivity contribution in [2.24, 2.45) is 5.73 Å². The quantitative estimate of drug-likeness (QED) is 0.798. The SMILES string of the molecule is NCCc1cc(Cl)ccc1-n1cc(-c2ccccc2)cn1. The molecule has 0 radical (unpaired) electrons. The summed E-state index contributed by atoms with van der Waals surface area (Å²) < 4.78 is 1.88. The Hall–Kier alpha value is -2.10. The highest BCUT2D eigenvalue weighted by atomic mass is 35.5. The first-order valence-corrected chi connectivity index (χ1v) is 7.24. The molecule has 0 aliphatic carbocycles. The molecule has 4 heteroatoms. The molecule has 0 aliphatic heterocycles. The van der Waals surface area contributed by atoms with Gasteiger partial charge in [0.05, 0.1) is 11.9 Å². The largest absolute Gasteiger partial charge is 0.330 e. The van der Waals surface area contributed by atoms with Crippen molar-refractivity contribution in [3.8, 4) is 16.8 Å². The molecular weight excluding hydrogens is 282 g/mol. The van der Waals surface area contributed by atoms with E-state index in [9.17, 15) is 0 Å². The topological polar surface area (TPSA) is 43.8 Å². The van der Waals surface area contributed by atoms with E-state index in [0.717, 1.165) is 33.8 Å². The molecule has 3 nitrogen and oxygen atoms in total. The van der Waals surface area contributed by atoms with E-state index in [4.69, 9.17) is 17.3 Å². The molecule has 0 spiro atoms. The fraction of sp³-hybridized carbons (Fsp3) is 0.118. The second-order valence-electron chi connectivity index (χ2n) is 4.85. The predicted molar refractivity (Wildman–Crippen MR) is 86.8 cm³/mol. The Morgan fingerprint density at radius 3 is 2.62 bits per heavy atom. The van der Waals surface area contributed by atoms with E-state index in [1.165, 1.54) is 0 Å². The molecule has 0 saturated heterocycles. The number of nitrogens with zero attached hydrogens (tertiary/aromatic N) is 2. The van der Waals surface area contributed by atoms with Gasteiger partial charge >= 0.3 is 0 Å². The van der Waals surface area contributed by atoms with E-state index in [0.29, 0.717) is 6.54 Å². The van der Waals surface area contributed by atoms with Gasteiger partial charge in [-0.3, -0.25) is 0 Å². The van der Waals surface area contributed by atoms with E-state index >= 15 is 0 Å². The van der Waals surface area contributed by atoms with Crippen LogP contribution < -0.4 is 5.73 Å². The zero-order valence-electron chi connectivity index (χ0n) is 11.5. The fourth-order valence-corrected chi connectivity index (χ4v) is 2.56. The maximum Gasteiger partial charge on any atom is 0.0679 e. The highest BCUT2D eigenvalue weighted by molar-refractivity contribution is 6.30. The Kier molecular flexibility index (Phi) is 4.04. The smallest absolute Gasteiger partial charge is 0.0679 e. The van der Waals surface area contributed by atoms with Crippen molar-refractivity contribution in [1.82, 2.24) is 9.78 Å². The highest BCUT2D eigenvalue weighted by Gasteiger charge is 2.08. The van der Waals surface area contributed by atoms with Gasteiger partial charge in [0.15, 0.2) is 0 Å². The Balaban J connectivity index is 2.00. The lowest BCUT2D eigenvalue weighted by atomic mass is 10.1. The molecule has 2 N–H and O–H groups in total. The van der Waals surface area contributed by atoms with Crippen molar-refractivity contribution in [3.05, 3.63) is 71.5 Å². The molecule has 106 valence electrons. The third-order valence-electron chi connectivity index (χ3n) is 3.39. The second kappa shape index (κ2) is 6.12. The van der Waals surface area contributed by atoms with Crippen molar-refractivity contribution in [3.63, 3.8) is 0 Å². The van der Waals surface area contributed by atoms with Gasteiger partial charge in [-0.15, -0.1) is 0 Å². The average molecular weight is 298 g/mol. The first-order chi connectivity index (χ1) is 10.3. The van der Waals surface area contributed by atoms with Gasteiger partial charge in [-0.1, -0.05) is 41.9 Å². The number of hydrogen-bond acceptors (Lipinski definition) is 2. The van der Waals surface area contributed by atoms with Gasteiger partial charge in [0.1, 0.15) is 0 Å². The second-order valence-corrected chi connectivity index (χ2v) is 5.29. The summed E-state index contributed by atoms with van der Waals surface area (Å²) in [6, 6.07) is 16.0. The van der Waals surface area contributed by atoms with Crippen LogP contribution in [0, 0.1) is 0 Å². The zero-order chi connectivity index (χ0) is 14.7. The Labute approximate surface area is 129 Å². The van der Waals surface area contributed by atoms with Crippen molar-refractivity contribution >= 4 is 11.6 Å². The minimum absolute atomic E-state index is 0.583. The Morgan fingerprint density at radius 2 is 1.86 bits per heavy atom. The minimum atomic E-state index is 0.583. The normalized spacial score (nSPS) is 10.8. The molecular formula is C17H16ClN3. The number of nitrogens with two attached hydrogens (primary N) is 1. The van der Waals surface area contributed by atoms with Crippen LogP contribution in [0.15, 0.2) is 60.9 Å². The van der Waals surface area contributed by atoms with Crippen molar-refractivity contribution in [2.75, 3.05) is 6.54 Å². The van der Waals surface area contributed by atoms with Crippen LogP contribution in [0.5, 0.6) is 0 Å². The molecule has 0 atom stereocenters. The lowest BCUT2D eigenvalue weighted by Gasteiger charge is -2.09. The molecule has 2 aromatic carbocycles. The lowest BCUT2D eigenvalue weighted by molar-refractivity contribution is 0.851. The van der Waals surface area contributed by atoms with Gasteiger partial charge in [0, 0.05) is 16.8 Å². The van der Waals surface area contributed by atoms with Crippen LogP contribution >= 0.6 is 11.6 Å². The van der Waals surface area contributed by atoms with Crippen LogP contribution in [0.4, 0.5) is 0 Å². The summed E-state index contributed by atoms with van der Waals surface area (Å²) in [5, 5.41) is 5.19. The minimum Gasteiger partial charge on any atom is -0.330 e. The molecule has 3 aromatic rings. The molecule has 0 bridgehead atoms. The number of rotatable bonds is 4. The van der Waals surface area contributed by atoms with Gasteiger partial charge in [-0.05, 0) is 42.3 Å². The van der Waals surface area contributed by atoms with E-state index in [-0.39, 0.29) is 0 Å². The maximum atomic E-state index is 6.07. The number of halogens is 1. The van der Waals surface area contributed by atoms with Crippen molar-refractivity contribution in [1.29, 1.82) is 0 Å². The standard InChI is InChI=1S/C17H16ClN3/c18-16-6-7-17(14(10-16)8-9-19)21-12-15(11-20-21)13-4-2-1-3-5-13/h1-7,10-12H,8-9,19H2. The molecule has 21 heavy (non-hydrogen) atoms. The van der Waals surface area contributed by atoms with Crippen LogP contribution in [-0.4, -0.2) is 16.3 Å². The summed E-state index contributed by atoms with van der Waals surface area (Å²) in [4.78, 5) is 0. The highest BCUT2D eigenvalue weighted by Crippen LogP contribution is 2.23. The summed E-state index contributed by atoms with van der Waals surface area (Å²) in [5.74, 6) is 0. The summed E-state index contributed by atoms with van der Waals surface area (Å²) in [5.41, 5.74) is 10.0. The van der Waals surface area contributed by atoms with Gasteiger partial charge < -0.3 is 5.73 Å². The van der Waals surface area contributed by atoms with Gasteiger partial charge in [-0.25, -0.2) is 4.68 Å². The molecule has 0 unspecified atom stereocenters.